The molecular weight excluding hydrogens is 238 g/mol. The number of aryl methyl sites for hydroxylation is 1. The van der Waals surface area contributed by atoms with Crippen molar-refractivity contribution >= 4 is 16.7 Å². The Morgan fingerprint density at radius 3 is 2.68 bits per heavy atom. The average Bonchev–Trinajstić information content (AvgIpc) is 2.83. The van der Waals surface area contributed by atoms with Crippen molar-refractivity contribution in [3.63, 3.8) is 0 Å². The summed E-state index contributed by atoms with van der Waals surface area (Å²) in [5.41, 5.74) is 9.46. The van der Waals surface area contributed by atoms with E-state index in [1.54, 1.807) is 6.26 Å². The molecule has 0 aliphatic carbocycles. The first-order valence-electron chi connectivity index (χ1n) is 6.18. The highest BCUT2D eigenvalue weighted by atomic mass is 16.5. The second-order valence-corrected chi connectivity index (χ2v) is 4.59. The zero-order chi connectivity index (χ0) is 13.2. The predicted octanol–water partition coefficient (Wildman–Crippen LogP) is 3.90. The van der Waals surface area contributed by atoms with Gasteiger partial charge in [-0.25, -0.2) is 0 Å². The molecule has 0 spiro atoms. The fraction of sp³-hybridized carbons (Fsp3) is 0.125. The maximum Gasteiger partial charge on any atom is 0.157 e. The summed E-state index contributed by atoms with van der Waals surface area (Å²) >= 11 is 0. The summed E-state index contributed by atoms with van der Waals surface area (Å²) in [7, 11) is 0. The summed E-state index contributed by atoms with van der Waals surface area (Å²) in [6.45, 7) is 2.52. The van der Waals surface area contributed by atoms with Crippen LogP contribution in [0.25, 0.3) is 11.0 Å². The van der Waals surface area contributed by atoms with Crippen molar-refractivity contribution in [1.82, 2.24) is 0 Å². The minimum absolute atomic E-state index is 0.472. The number of anilines is 1. The van der Waals surface area contributed by atoms with Gasteiger partial charge in [0.2, 0.25) is 0 Å². The molecule has 0 unspecified atom stereocenters. The molecule has 19 heavy (non-hydrogen) atoms. The maximum atomic E-state index is 5.86. The number of rotatable bonds is 3. The molecule has 3 rings (SSSR count). The van der Waals surface area contributed by atoms with Gasteiger partial charge in [-0.3, -0.25) is 0 Å². The number of nitrogen functional groups attached to an aromatic ring is 1. The van der Waals surface area contributed by atoms with Gasteiger partial charge in [0.25, 0.3) is 0 Å². The van der Waals surface area contributed by atoms with E-state index in [9.17, 15) is 0 Å². The number of nitrogens with two attached hydrogens (primary N) is 1. The first kappa shape index (κ1) is 11.7. The number of fused-ring (bicyclic) bond motifs is 1. The highest BCUT2D eigenvalue weighted by Crippen LogP contribution is 2.27. The molecule has 3 nitrogen and oxygen atoms in total. The second-order valence-electron chi connectivity index (χ2n) is 4.59. The molecular formula is C16H15NO2. The lowest BCUT2D eigenvalue weighted by Crippen LogP contribution is -1.94. The molecule has 1 aromatic heterocycles. The molecule has 0 radical (unpaired) electrons. The molecule has 0 atom stereocenters. The lowest BCUT2D eigenvalue weighted by atomic mass is 10.1. The van der Waals surface area contributed by atoms with Crippen molar-refractivity contribution in [2.45, 2.75) is 13.5 Å². The van der Waals surface area contributed by atoms with Crippen LogP contribution in [0.5, 0.6) is 5.75 Å². The van der Waals surface area contributed by atoms with Gasteiger partial charge in [0.1, 0.15) is 12.4 Å². The first-order chi connectivity index (χ1) is 9.24. The van der Waals surface area contributed by atoms with Crippen LogP contribution in [0.15, 0.2) is 53.1 Å². The summed E-state index contributed by atoms with van der Waals surface area (Å²) in [6, 6.07) is 13.7. The van der Waals surface area contributed by atoms with E-state index in [2.05, 4.69) is 6.92 Å². The molecule has 0 saturated heterocycles. The lowest BCUT2D eigenvalue weighted by Gasteiger charge is -2.05. The van der Waals surface area contributed by atoms with E-state index in [-0.39, 0.29) is 0 Å². The van der Waals surface area contributed by atoms with Crippen LogP contribution in [0.2, 0.25) is 0 Å². The minimum Gasteiger partial charge on any atom is -0.489 e. The van der Waals surface area contributed by atoms with Gasteiger partial charge in [0.15, 0.2) is 5.58 Å². The third-order valence-corrected chi connectivity index (χ3v) is 3.13. The molecule has 0 fully saturated rings. The monoisotopic (exact) mass is 253 g/mol. The van der Waals surface area contributed by atoms with Crippen LogP contribution in [0.3, 0.4) is 0 Å². The Labute approximate surface area is 111 Å². The quantitative estimate of drug-likeness (QED) is 0.720. The zero-order valence-electron chi connectivity index (χ0n) is 10.7. The fourth-order valence-electron chi connectivity index (χ4n) is 2.04. The second kappa shape index (κ2) is 4.69. The van der Waals surface area contributed by atoms with Crippen molar-refractivity contribution in [3.05, 3.63) is 59.9 Å². The van der Waals surface area contributed by atoms with Gasteiger partial charge < -0.3 is 14.9 Å². The summed E-state index contributed by atoms with van der Waals surface area (Å²) in [5, 5.41) is 1.01. The standard InChI is InChI=1S/C16H15NO2/c1-11-5-7-13(8-6-11)18-9-12-10-19-16-14(12)3-2-4-15(16)17/h2-8,10H,9,17H2,1H3. The van der Waals surface area contributed by atoms with E-state index in [1.165, 1.54) is 5.56 Å². The van der Waals surface area contributed by atoms with Crippen LogP contribution < -0.4 is 10.5 Å². The molecule has 2 N–H and O–H groups in total. The number of hydrogen-bond donors (Lipinski definition) is 1. The first-order valence-corrected chi connectivity index (χ1v) is 6.18. The largest absolute Gasteiger partial charge is 0.489 e. The molecule has 2 aromatic carbocycles. The maximum absolute atomic E-state index is 5.86. The molecule has 0 aliphatic rings. The number of para-hydroxylation sites is 1. The Hall–Kier alpha value is -2.42. The van der Waals surface area contributed by atoms with Gasteiger partial charge in [-0.1, -0.05) is 29.8 Å². The van der Waals surface area contributed by atoms with Crippen LogP contribution >= 0.6 is 0 Å². The average molecular weight is 253 g/mol. The van der Waals surface area contributed by atoms with Gasteiger partial charge in [-0.05, 0) is 25.1 Å². The number of furan rings is 1. The fourth-order valence-corrected chi connectivity index (χ4v) is 2.04. The Morgan fingerprint density at radius 2 is 1.89 bits per heavy atom. The SMILES string of the molecule is Cc1ccc(OCc2coc3c(N)cccc23)cc1. The third-order valence-electron chi connectivity index (χ3n) is 3.13. The highest BCUT2D eigenvalue weighted by Gasteiger charge is 2.08. The van der Waals surface area contributed by atoms with Crippen molar-refractivity contribution < 1.29 is 9.15 Å². The van der Waals surface area contributed by atoms with Gasteiger partial charge in [-0.2, -0.15) is 0 Å². The number of hydrogen-bond acceptors (Lipinski definition) is 3. The van der Waals surface area contributed by atoms with Gasteiger partial charge in [0, 0.05) is 10.9 Å². The van der Waals surface area contributed by atoms with E-state index in [4.69, 9.17) is 14.9 Å². The molecule has 3 aromatic rings. The topological polar surface area (TPSA) is 48.4 Å². The normalized spacial score (nSPS) is 10.8. The minimum atomic E-state index is 0.472. The third kappa shape index (κ3) is 2.27. The summed E-state index contributed by atoms with van der Waals surface area (Å²) in [4.78, 5) is 0. The van der Waals surface area contributed by atoms with Crippen LogP contribution in [0, 0.1) is 6.92 Å². The van der Waals surface area contributed by atoms with E-state index in [1.807, 2.05) is 42.5 Å². The molecule has 0 bridgehead atoms. The molecule has 96 valence electrons. The highest BCUT2D eigenvalue weighted by molar-refractivity contribution is 5.90. The van der Waals surface area contributed by atoms with Crippen molar-refractivity contribution in [3.8, 4) is 5.75 Å². The van der Waals surface area contributed by atoms with Crippen LogP contribution in [0.4, 0.5) is 5.69 Å². The van der Waals surface area contributed by atoms with Crippen molar-refractivity contribution in [2.75, 3.05) is 5.73 Å². The Bertz CT molecular complexity index is 698. The molecule has 3 heteroatoms. The molecule has 0 amide bonds. The zero-order valence-corrected chi connectivity index (χ0v) is 10.7. The van der Waals surface area contributed by atoms with E-state index in [0.29, 0.717) is 12.3 Å². The van der Waals surface area contributed by atoms with Gasteiger partial charge in [-0.15, -0.1) is 0 Å². The Morgan fingerprint density at radius 1 is 1.11 bits per heavy atom. The van der Waals surface area contributed by atoms with Crippen LogP contribution in [-0.2, 0) is 6.61 Å². The Kier molecular flexibility index (Phi) is 2.88. The lowest BCUT2D eigenvalue weighted by molar-refractivity contribution is 0.306. The molecule has 0 aliphatic heterocycles. The Balaban J connectivity index is 1.82. The van der Waals surface area contributed by atoms with E-state index < -0.39 is 0 Å². The smallest absolute Gasteiger partial charge is 0.157 e. The summed E-state index contributed by atoms with van der Waals surface area (Å²) < 4.78 is 11.2. The number of benzene rings is 2. The van der Waals surface area contributed by atoms with Crippen molar-refractivity contribution in [1.29, 1.82) is 0 Å². The van der Waals surface area contributed by atoms with E-state index >= 15 is 0 Å². The summed E-state index contributed by atoms with van der Waals surface area (Å²) in [5.74, 6) is 0.851. The van der Waals surface area contributed by atoms with Gasteiger partial charge in [0.05, 0.1) is 12.0 Å². The van der Waals surface area contributed by atoms with Crippen molar-refractivity contribution in [2.24, 2.45) is 0 Å². The predicted molar refractivity (Wildman–Crippen MR) is 76.1 cm³/mol. The summed E-state index contributed by atoms with van der Waals surface area (Å²) in [6.07, 6.45) is 1.70. The molecule has 0 saturated carbocycles. The van der Waals surface area contributed by atoms with Gasteiger partial charge >= 0.3 is 0 Å². The molecule has 1 heterocycles. The van der Waals surface area contributed by atoms with Crippen LogP contribution in [0.1, 0.15) is 11.1 Å². The van der Waals surface area contributed by atoms with E-state index in [0.717, 1.165) is 22.3 Å². The van der Waals surface area contributed by atoms with Crippen LogP contribution in [-0.4, -0.2) is 0 Å². The number of ether oxygens (including phenoxy) is 1.